The maximum Gasteiger partial charge on any atom is 0.225 e. The molecule has 1 aromatic carbocycles. The van der Waals surface area contributed by atoms with Crippen molar-refractivity contribution in [2.24, 2.45) is 5.92 Å². The number of fused-ring (bicyclic) bond motifs is 1. The number of carbonyl (C=O) groups is 2. The van der Waals surface area contributed by atoms with Crippen LogP contribution in [-0.2, 0) is 9.59 Å². The molecule has 1 atom stereocenters. The number of rotatable bonds is 2. The molecule has 1 N–H and O–H groups in total. The summed E-state index contributed by atoms with van der Waals surface area (Å²) in [7, 11) is 0. The van der Waals surface area contributed by atoms with E-state index in [4.69, 9.17) is 12.2 Å². The number of ketones is 1. The van der Waals surface area contributed by atoms with Crippen LogP contribution in [0, 0.1) is 12.8 Å². The molecule has 1 heterocycles. The molecule has 0 bridgehead atoms. The van der Waals surface area contributed by atoms with E-state index in [9.17, 15) is 9.59 Å². The highest BCUT2D eigenvalue weighted by Crippen LogP contribution is 2.33. The Balaban J connectivity index is 2.07. The van der Waals surface area contributed by atoms with Crippen molar-refractivity contribution in [2.45, 2.75) is 20.3 Å². The molecule has 1 aliphatic heterocycles. The van der Waals surface area contributed by atoms with Crippen LogP contribution in [0.3, 0.4) is 0 Å². The Morgan fingerprint density at radius 2 is 1.86 bits per heavy atom. The average molecular weight is 297 g/mol. The summed E-state index contributed by atoms with van der Waals surface area (Å²) in [6.07, 6.45) is 2.02. The highest BCUT2D eigenvalue weighted by Gasteiger charge is 2.38. The summed E-state index contributed by atoms with van der Waals surface area (Å²) in [5, 5.41) is 2.81. The third-order valence-electron chi connectivity index (χ3n) is 3.93. The Labute approximate surface area is 128 Å². The van der Waals surface area contributed by atoms with E-state index in [1.165, 1.54) is 0 Å². The second kappa shape index (κ2) is 5.04. The number of Topliss-reactive ketones (excluding diaryl/α,β-unsaturated/α-hetero) is 1. The van der Waals surface area contributed by atoms with E-state index in [0.29, 0.717) is 16.1 Å². The maximum atomic E-state index is 12.2. The van der Waals surface area contributed by atoms with Crippen LogP contribution in [0.5, 0.6) is 0 Å². The number of hydrogen-bond acceptors (Lipinski definition) is 3. The molecule has 106 valence electrons. The van der Waals surface area contributed by atoms with Crippen LogP contribution < -0.4 is 5.32 Å². The van der Waals surface area contributed by atoms with Crippen LogP contribution in [0.2, 0.25) is 0 Å². The molecule has 0 radical (unpaired) electrons. The molecule has 3 rings (SSSR count). The molecule has 1 fully saturated rings. The van der Waals surface area contributed by atoms with E-state index in [2.05, 4.69) is 5.32 Å². The summed E-state index contributed by atoms with van der Waals surface area (Å²) in [6.45, 7) is 3.80. The maximum absolute atomic E-state index is 12.2. The number of amides is 1. The molecule has 0 aromatic heterocycles. The van der Waals surface area contributed by atoms with Crippen molar-refractivity contribution in [3.05, 3.63) is 58.3 Å². The SMILES string of the molecule is CC1=CC(C(=S)c2ccc(C)cc2)=C2NC(=O)CC2C1=O. The fraction of sp³-hybridized carbons (Fsp3) is 0.235. The van der Waals surface area contributed by atoms with Gasteiger partial charge >= 0.3 is 0 Å². The molecule has 0 spiro atoms. The van der Waals surface area contributed by atoms with Crippen molar-refractivity contribution >= 4 is 28.8 Å². The van der Waals surface area contributed by atoms with Crippen molar-refractivity contribution in [1.29, 1.82) is 0 Å². The topological polar surface area (TPSA) is 46.2 Å². The van der Waals surface area contributed by atoms with Gasteiger partial charge in [-0.1, -0.05) is 42.0 Å². The van der Waals surface area contributed by atoms with E-state index in [-0.39, 0.29) is 24.0 Å². The Morgan fingerprint density at radius 3 is 2.52 bits per heavy atom. The van der Waals surface area contributed by atoms with Gasteiger partial charge < -0.3 is 5.32 Å². The average Bonchev–Trinajstić information content (AvgIpc) is 2.85. The largest absolute Gasteiger partial charge is 0.328 e. The highest BCUT2D eigenvalue weighted by molar-refractivity contribution is 7.81. The molecule has 4 heteroatoms. The number of allylic oxidation sites excluding steroid dienone is 4. The van der Waals surface area contributed by atoms with Crippen LogP contribution in [0.15, 0.2) is 47.2 Å². The fourth-order valence-corrected chi connectivity index (χ4v) is 3.05. The van der Waals surface area contributed by atoms with Crippen LogP contribution >= 0.6 is 12.2 Å². The number of hydrogen-bond donors (Lipinski definition) is 1. The number of thiocarbonyl (C=S) groups is 1. The predicted molar refractivity (Wildman–Crippen MR) is 84.9 cm³/mol. The molecule has 3 nitrogen and oxygen atoms in total. The second-order valence-electron chi connectivity index (χ2n) is 5.52. The standard InChI is InChI=1S/C17H15NO2S/c1-9-3-5-11(6-4-9)17(21)13-7-10(2)16(20)12-8-14(19)18-15(12)13/h3-7,12H,8H2,1-2H3,(H,18,19). The lowest BCUT2D eigenvalue weighted by molar-refractivity contribution is -0.122. The van der Waals surface area contributed by atoms with Crippen molar-refractivity contribution in [3.63, 3.8) is 0 Å². The zero-order valence-electron chi connectivity index (χ0n) is 11.9. The minimum atomic E-state index is -0.388. The number of aryl methyl sites for hydroxylation is 1. The Hall–Kier alpha value is -2.07. The van der Waals surface area contributed by atoms with Gasteiger partial charge in [-0.05, 0) is 31.1 Å². The molecule has 1 aliphatic carbocycles. The normalized spacial score (nSPS) is 21.0. The zero-order valence-corrected chi connectivity index (χ0v) is 12.7. The number of benzene rings is 1. The summed E-state index contributed by atoms with van der Waals surface area (Å²) in [4.78, 5) is 24.5. The molecular formula is C17H15NO2S. The zero-order chi connectivity index (χ0) is 15.1. The van der Waals surface area contributed by atoms with Crippen LogP contribution in [0.4, 0.5) is 0 Å². The van der Waals surface area contributed by atoms with Crippen molar-refractivity contribution in [2.75, 3.05) is 0 Å². The molecule has 2 aliphatic rings. The summed E-state index contributed by atoms with van der Waals surface area (Å²) >= 11 is 5.57. The summed E-state index contributed by atoms with van der Waals surface area (Å²) in [5.74, 6) is -0.490. The first-order valence-electron chi connectivity index (χ1n) is 6.85. The van der Waals surface area contributed by atoms with Crippen molar-refractivity contribution in [1.82, 2.24) is 5.32 Å². The molecule has 21 heavy (non-hydrogen) atoms. The van der Waals surface area contributed by atoms with E-state index in [1.807, 2.05) is 31.2 Å². The van der Waals surface area contributed by atoms with Crippen LogP contribution in [0.25, 0.3) is 0 Å². The molecule has 1 saturated heterocycles. The lowest BCUT2D eigenvalue weighted by atomic mass is 9.84. The van der Waals surface area contributed by atoms with Crippen molar-refractivity contribution in [3.8, 4) is 0 Å². The first-order valence-corrected chi connectivity index (χ1v) is 7.26. The van der Waals surface area contributed by atoms with E-state index < -0.39 is 0 Å². The van der Waals surface area contributed by atoms with Gasteiger partial charge in [0.05, 0.1) is 10.8 Å². The lowest BCUT2D eigenvalue weighted by Crippen LogP contribution is -2.25. The minimum Gasteiger partial charge on any atom is -0.328 e. The van der Waals surface area contributed by atoms with E-state index in [1.54, 1.807) is 13.0 Å². The van der Waals surface area contributed by atoms with Gasteiger partial charge in [-0.25, -0.2) is 0 Å². The van der Waals surface area contributed by atoms with Crippen molar-refractivity contribution < 1.29 is 9.59 Å². The second-order valence-corrected chi connectivity index (χ2v) is 5.93. The Kier molecular flexibility index (Phi) is 3.33. The van der Waals surface area contributed by atoms with Gasteiger partial charge in [-0.2, -0.15) is 0 Å². The molecule has 0 saturated carbocycles. The quantitative estimate of drug-likeness (QED) is 0.674. The predicted octanol–water partition coefficient (Wildman–Crippen LogP) is 2.63. The Bertz CT molecular complexity index is 726. The smallest absolute Gasteiger partial charge is 0.225 e. The molecule has 1 aromatic rings. The minimum absolute atomic E-state index is 0.0128. The van der Waals surface area contributed by atoms with Gasteiger partial charge in [0, 0.05) is 17.7 Å². The van der Waals surface area contributed by atoms with Crippen LogP contribution in [0.1, 0.15) is 24.5 Å². The van der Waals surface area contributed by atoms with Gasteiger partial charge in [-0.15, -0.1) is 0 Å². The number of nitrogens with one attached hydrogen (secondary N) is 1. The van der Waals surface area contributed by atoms with E-state index in [0.717, 1.165) is 16.7 Å². The summed E-state index contributed by atoms with van der Waals surface area (Å²) < 4.78 is 0. The number of carbonyl (C=O) groups excluding carboxylic acids is 2. The van der Waals surface area contributed by atoms with Gasteiger partial charge in [-0.3, -0.25) is 9.59 Å². The lowest BCUT2D eigenvalue weighted by Gasteiger charge is -2.20. The highest BCUT2D eigenvalue weighted by atomic mass is 32.1. The van der Waals surface area contributed by atoms with Gasteiger partial charge in [0.15, 0.2) is 5.78 Å². The van der Waals surface area contributed by atoms with E-state index >= 15 is 0 Å². The third kappa shape index (κ3) is 2.36. The monoisotopic (exact) mass is 297 g/mol. The summed E-state index contributed by atoms with van der Waals surface area (Å²) in [6, 6.07) is 7.94. The summed E-state index contributed by atoms with van der Waals surface area (Å²) in [5.41, 5.74) is 4.21. The fourth-order valence-electron chi connectivity index (χ4n) is 2.74. The Morgan fingerprint density at radius 1 is 1.19 bits per heavy atom. The third-order valence-corrected chi connectivity index (χ3v) is 4.38. The first-order chi connectivity index (χ1) is 9.97. The van der Waals surface area contributed by atoms with Crippen LogP contribution in [-0.4, -0.2) is 16.6 Å². The molecule has 1 amide bonds. The first kappa shape index (κ1) is 13.9. The molecular weight excluding hydrogens is 282 g/mol. The molecule has 1 unspecified atom stereocenters. The van der Waals surface area contributed by atoms with Gasteiger partial charge in [0.25, 0.3) is 0 Å². The van der Waals surface area contributed by atoms with Gasteiger partial charge in [0.2, 0.25) is 5.91 Å². The van der Waals surface area contributed by atoms with Gasteiger partial charge in [0.1, 0.15) is 0 Å².